The minimum absolute atomic E-state index is 0. The van der Waals surface area contributed by atoms with Crippen molar-refractivity contribution >= 4 is 23.9 Å². The van der Waals surface area contributed by atoms with Gasteiger partial charge in [0.1, 0.15) is 5.84 Å². The molecule has 0 aliphatic heterocycles. The second-order valence-corrected chi connectivity index (χ2v) is 2.67. The maximum absolute atomic E-state index is 10.5. The van der Waals surface area contributed by atoms with Crippen LogP contribution in [0.5, 0.6) is 0 Å². The lowest BCUT2D eigenvalue weighted by atomic mass is 10.1. The van der Waals surface area contributed by atoms with Gasteiger partial charge in [0.25, 0.3) is 5.69 Å². The van der Waals surface area contributed by atoms with Crippen LogP contribution >= 0.6 is 12.4 Å². The van der Waals surface area contributed by atoms with Crippen LogP contribution in [0, 0.1) is 22.4 Å². The molecule has 1 rings (SSSR count). The summed E-state index contributed by atoms with van der Waals surface area (Å²) in [5, 5.41) is 17.6. The van der Waals surface area contributed by atoms with E-state index in [2.05, 4.69) is 0 Å². The lowest BCUT2D eigenvalue weighted by Gasteiger charge is -2.00. The number of nitro benzene ring substituents is 1. The van der Waals surface area contributed by atoms with Crippen LogP contribution in [0.2, 0.25) is 0 Å². The van der Waals surface area contributed by atoms with Crippen molar-refractivity contribution in [2.75, 3.05) is 0 Å². The summed E-state index contributed by atoms with van der Waals surface area (Å²) in [6.07, 6.45) is 0. The van der Waals surface area contributed by atoms with Gasteiger partial charge in [-0.2, -0.15) is 0 Å². The molecule has 1 aromatic carbocycles. The number of nitrogens with one attached hydrogen (secondary N) is 1. The normalized spacial score (nSPS) is 8.93. The molecule has 0 radical (unpaired) electrons. The summed E-state index contributed by atoms with van der Waals surface area (Å²) in [4.78, 5) is 10.0. The van der Waals surface area contributed by atoms with E-state index in [0.717, 1.165) is 0 Å². The highest BCUT2D eigenvalue weighted by Gasteiger charge is 2.11. The van der Waals surface area contributed by atoms with Crippen LogP contribution in [0.1, 0.15) is 11.1 Å². The van der Waals surface area contributed by atoms with Crippen molar-refractivity contribution in [3.8, 4) is 0 Å². The van der Waals surface area contributed by atoms with Crippen LogP contribution in [0.4, 0.5) is 5.69 Å². The Balaban J connectivity index is 0.00000169. The predicted octanol–water partition coefficient (Wildman–Crippen LogP) is 1.61. The van der Waals surface area contributed by atoms with Crippen molar-refractivity contribution in [2.45, 2.75) is 6.92 Å². The van der Waals surface area contributed by atoms with E-state index in [1.165, 1.54) is 6.07 Å². The quantitative estimate of drug-likeness (QED) is 0.340. The summed E-state index contributed by atoms with van der Waals surface area (Å²) in [5.41, 5.74) is 6.12. The number of hydrogen-bond acceptors (Lipinski definition) is 3. The number of aryl methyl sites for hydroxylation is 1. The molecular weight excluding hydrogens is 206 g/mol. The molecule has 14 heavy (non-hydrogen) atoms. The van der Waals surface area contributed by atoms with E-state index in [4.69, 9.17) is 11.1 Å². The van der Waals surface area contributed by atoms with Crippen molar-refractivity contribution in [3.63, 3.8) is 0 Å². The molecule has 0 aliphatic carbocycles. The van der Waals surface area contributed by atoms with Crippen molar-refractivity contribution in [3.05, 3.63) is 39.4 Å². The van der Waals surface area contributed by atoms with Crippen LogP contribution in [-0.2, 0) is 0 Å². The van der Waals surface area contributed by atoms with E-state index in [9.17, 15) is 10.1 Å². The van der Waals surface area contributed by atoms with E-state index in [0.29, 0.717) is 11.1 Å². The third-order valence-corrected chi connectivity index (χ3v) is 1.72. The number of nitrogens with two attached hydrogens (primary N) is 1. The summed E-state index contributed by atoms with van der Waals surface area (Å²) >= 11 is 0. The molecule has 0 saturated carbocycles. The molecule has 0 bridgehead atoms. The fourth-order valence-corrected chi connectivity index (χ4v) is 0.974. The van der Waals surface area contributed by atoms with Gasteiger partial charge in [0.15, 0.2) is 0 Å². The van der Waals surface area contributed by atoms with E-state index >= 15 is 0 Å². The maximum Gasteiger partial charge on any atom is 0.273 e. The Kier molecular flexibility index (Phi) is 4.04. The third kappa shape index (κ3) is 2.43. The SMILES string of the molecule is Cc1ccc(C(=N)N)cc1[N+](=O)[O-].Cl. The Hall–Kier alpha value is -1.62. The van der Waals surface area contributed by atoms with Gasteiger partial charge in [-0.05, 0) is 6.92 Å². The first-order chi connectivity index (χ1) is 6.02. The zero-order chi connectivity index (χ0) is 10.0. The molecule has 1 aromatic rings. The van der Waals surface area contributed by atoms with Gasteiger partial charge in [-0.1, -0.05) is 12.1 Å². The molecule has 6 heteroatoms. The van der Waals surface area contributed by atoms with Gasteiger partial charge >= 0.3 is 0 Å². The van der Waals surface area contributed by atoms with Crippen molar-refractivity contribution in [1.29, 1.82) is 5.41 Å². The number of nitrogen functional groups attached to an aromatic ring is 1. The molecule has 0 spiro atoms. The molecule has 0 aromatic heterocycles. The molecular formula is C8H10ClN3O2. The summed E-state index contributed by atoms with van der Waals surface area (Å²) in [7, 11) is 0. The molecule has 0 aliphatic rings. The lowest BCUT2D eigenvalue weighted by molar-refractivity contribution is -0.385. The molecule has 0 saturated heterocycles. The second kappa shape index (κ2) is 4.57. The van der Waals surface area contributed by atoms with Crippen LogP contribution < -0.4 is 5.73 Å². The first kappa shape index (κ1) is 12.4. The molecule has 0 amide bonds. The monoisotopic (exact) mass is 215 g/mol. The van der Waals surface area contributed by atoms with Gasteiger partial charge in [-0.25, -0.2) is 0 Å². The van der Waals surface area contributed by atoms with E-state index < -0.39 is 4.92 Å². The van der Waals surface area contributed by atoms with Crippen LogP contribution in [0.15, 0.2) is 18.2 Å². The summed E-state index contributed by atoms with van der Waals surface area (Å²) in [6, 6.07) is 4.47. The third-order valence-electron chi connectivity index (χ3n) is 1.72. The number of benzene rings is 1. The molecule has 5 nitrogen and oxygen atoms in total. The van der Waals surface area contributed by atoms with E-state index in [1.807, 2.05) is 0 Å². The number of hydrogen-bond donors (Lipinski definition) is 2. The Bertz CT molecular complexity index is 379. The van der Waals surface area contributed by atoms with Crippen LogP contribution in [0.25, 0.3) is 0 Å². The fraction of sp³-hybridized carbons (Fsp3) is 0.125. The smallest absolute Gasteiger partial charge is 0.273 e. The second-order valence-electron chi connectivity index (χ2n) is 2.67. The molecule has 0 heterocycles. The first-order valence-corrected chi connectivity index (χ1v) is 3.62. The minimum Gasteiger partial charge on any atom is -0.384 e. The highest BCUT2D eigenvalue weighted by Crippen LogP contribution is 2.18. The summed E-state index contributed by atoms with van der Waals surface area (Å²) < 4.78 is 0. The fourth-order valence-electron chi connectivity index (χ4n) is 0.974. The van der Waals surface area contributed by atoms with Crippen molar-refractivity contribution in [1.82, 2.24) is 0 Å². The molecule has 3 N–H and O–H groups in total. The van der Waals surface area contributed by atoms with Crippen LogP contribution in [0.3, 0.4) is 0 Å². The standard InChI is InChI=1S/C8H9N3O2.ClH/c1-5-2-3-6(8(9)10)4-7(5)11(12)13;/h2-4H,1H3,(H3,9,10);1H. The van der Waals surface area contributed by atoms with E-state index in [1.54, 1.807) is 19.1 Å². The minimum atomic E-state index is -0.484. The lowest BCUT2D eigenvalue weighted by Crippen LogP contribution is -2.11. The first-order valence-electron chi connectivity index (χ1n) is 3.62. The largest absolute Gasteiger partial charge is 0.384 e. The molecule has 0 fully saturated rings. The van der Waals surface area contributed by atoms with E-state index in [-0.39, 0.29) is 23.9 Å². The molecule has 0 unspecified atom stereocenters. The molecule has 76 valence electrons. The van der Waals surface area contributed by atoms with Gasteiger partial charge in [-0.3, -0.25) is 15.5 Å². The Morgan fingerprint density at radius 1 is 1.57 bits per heavy atom. The maximum atomic E-state index is 10.5. The van der Waals surface area contributed by atoms with Crippen molar-refractivity contribution in [2.24, 2.45) is 5.73 Å². The Morgan fingerprint density at radius 3 is 2.57 bits per heavy atom. The Morgan fingerprint density at radius 2 is 2.14 bits per heavy atom. The number of nitrogens with zero attached hydrogens (tertiary/aromatic N) is 1. The molecule has 0 atom stereocenters. The van der Waals surface area contributed by atoms with Crippen LogP contribution in [-0.4, -0.2) is 10.8 Å². The highest BCUT2D eigenvalue weighted by molar-refractivity contribution is 5.95. The summed E-state index contributed by atoms with van der Waals surface area (Å²) in [6.45, 7) is 1.64. The van der Waals surface area contributed by atoms with Crippen molar-refractivity contribution < 1.29 is 4.92 Å². The average molecular weight is 216 g/mol. The topological polar surface area (TPSA) is 93.0 Å². The summed E-state index contributed by atoms with van der Waals surface area (Å²) in [5.74, 6) is -0.164. The predicted molar refractivity (Wildman–Crippen MR) is 56.1 cm³/mol. The number of rotatable bonds is 2. The Labute approximate surface area is 87.0 Å². The number of amidine groups is 1. The highest BCUT2D eigenvalue weighted by atomic mass is 35.5. The van der Waals surface area contributed by atoms with Gasteiger partial charge < -0.3 is 5.73 Å². The van der Waals surface area contributed by atoms with Gasteiger partial charge in [0.05, 0.1) is 4.92 Å². The van der Waals surface area contributed by atoms with Gasteiger partial charge in [-0.15, -0.1) is 12.4 Å². The van der Waals surface area contributed by atoms with Gasteiger partial charge in [0, 0.05) is 17.2 Å². The number of nitro groups is 1. The zero-order valence-electron chi connectivity index (χ0n) is 7.48. The number of halogens is 1. The van der Waals surface area contributed by atoms with Gasteiger partial charge in [0.2, 0.25) is 0 Å². The average Bonchev–Trinajstić information content (AvgIpc) is 2.04. The zero-order valence-corrected chi connectivity index (χ0v) is 8.30.